The molecule has 29 heavy (non-hydrogen) atoms. The molecule has 0 N–H and O–H groups in total. The predicted molar refractivity (Wildman–Crippen MR) is 106 cm³/mol. The second-order valence-electron chi connectivity index (χ2n) is 6.31. The van der Waals surface area contributed by atoms with E-state index in [9.17, 15) is 4.79 Å². The summed E-state index contributed by atoms with van der Waals surface area (Å²) in [6, 6.07) is 12.6. The van der Waals surface area contributed by atoms with Crippen LogP contribution < -0.4 is 9.64 Å². The molecule has 0 atom stereocenters. The van der Waals surface area contributed by atoms with Gasteiger partial charge in [-0.05, 0) is 31.2 Å². The van der Waals surface area contributed by atoms with Crippen LogP contribution in [0.15, 0.2) is 67.4 Å². The maximum Gasteiger partial charge on any atom is 0.420 e. The minimum Gasteiger partial charge on any atom is -0.454 e. The number of carbonyl (C=O) groups excluding carboxylic acids is 1. The molecule has 8 nitrogen and oxygen atoms in total. The maximum absolute atomic E-state index is 12.7. The number of amides is 1. The highest BCUT2D eigenvalue weighted by molar-refractivity contribution is 5.88. The highest BCUT2D eigenvalue weighted by Crippen LogP contribution is 2.33. The molecule has 4 rings (SSSR count). The number of anilines is 1. The standard InChI is InChI=1S/C21H20N4O4/c1-3-25(21(26)29-16-7-5-4-6-8-16)18-10-9-17(15-13-22-24(2)14-15)19(23-18)20-27-11-12-28-20/h4-14,20H,3H2,1-2H3. The average molecular weight is 392 g/mol. The molecule has 0 saturated heterocycles. The molecule has 1 aliphatic rings. The van der Waals surface area contributed by atoms with E-state index in [2.05, 4.69) is 10.1 Å². The van der Waals surface area contributed by atoms with E-state index < -0.39 is 12.4 Å². The van der Waals surface area contributed by atoms with E-state index in [1.54, 1.807) is 41.2 Å². The Morgan fingerprint density at radius 3 is 2.59 bits per heavy atom. The normalized spacial score (nSPS) is 13.0. The van der Waals surface area contributed by atoms with E-state index in [0.717, 1.165) is 11.1 Å². The Morgan fingerprint density at radius 1 is 1.17 bits per heavy atom. The van der Waals surface area contributed by atoms with Crippen LogP contribution in [0.4, 0.5) is 10.6 Å². The fraction of sp³-hybridized carbons (Fsp3) is 0.190. The third-order valence-electron chi connectivity index (χ3n) is 4.37. The summed E-state index contributed by atoms with van der Waals surface area (Å²) in [6.45, 7) is 2.24. The molecular weight excluding hydrogens is 372 g/mol. The second-order valence-corrected chi connectivity index (χ2v) is 6.31. The van der Waals surface area contributed by atoms with Crippen LogP contribution in [-0.4, -0.2) is 27.4 Å². The van der Waals surface area contributed by atoms with Gasteiger partial charge in [-0.3, -0.25) is 9.58 Å². The first kappa shape index (κ1) is 18.5. The van der Waals surface area contributed by atoms with Gasteiger partial charge in [0.15, 0.2) is 0 Å². The van der Waals surface area contributed by atoms with Gasteiger partial charge in [0.2, 0.25) is 0 Å². The van der Waals surface area contributed by atoms with Crippen molar-refractivity contribution in [2.24, 2.45) is 7.05 Å². The second kappa shape index (κ2) is 8.05. The van der Waals surface area contributed by atoms with Crippen LogP contribution in [0.3, 0.4) is 0 Å². The molecule has 8 heteroatoms. The molecule has 0 bridgehead atoms. The van der Waals surface area contributed by atoms with Crippen LogP contribution in [0.5, 0.6) is 5.75 Å². The Bertz CT molecular complexity index is 1020. The van der Waals surface area contributed by atoms with Crippen LogP contribution >= 0.6 is 0 Å². The first-order valence-electron chi connectivity index (χ1n) is 9.16. The third kappa shape index (κ3) is 3.91. The molecule has 3 aromatic rings. The van der Waals surface area contributed by atoms with Crippen molar-refractivity contribution in [2.45, 2.75) is 13.2 Å². The van der Waals surface area contributed by atoms with E-state index in [1.807, 2.05) is 32.3 Å². The predicted octanol–water partition coefficient (Wildman–Crippen LogP) is 4.02. The van der Waals surface area contributed by atoms with Crippen molar-refractivity contribution in [3.05, 3.63) is 73.1 Å². The Morgan fingerprint density at radius 2 is 1.93 bits per heavy atom. The number of pyridine rings is 1. The number of para-hydroxylation sites is 1. The number of aromatic nitrogens is 3. The molecule has 0 radical (unpaired) electrons. The lowest BCUT2D eigenvalue weighted by atomic mass is 10.1. The van der Waals surface area contributed by atoms with Crippen molar-refractivity contribution >= 4 is 11.9 Å². The highest BCUT2D eigenvalue weighted by atomic mass is 16.7. The lowest BCUT2D eigenvalue weighted by molar-refractivity contribution is -0.0273. The van der Waals surface area contributed by atoms with Gasteiger partial charge in [0, 0.05) is 30.9 Å². The van der Waals surface area contributed by atoms with Crippen molar-refractivity contribution < 1.29 is 19.0 Å². The number of carbonyl (C=O) groups is 1. The number of benzene rings is 1. The molecular formula is C21H20N4O4. The van der Waals surface area contributed by atoms with Crippen molar-refractivity contribution in [1.29, 1.82) is 0 Å². The van der Waals surface area contributed by atoms with Gasteiger partial charge in [0.05, 0.1) is 6.20 Å². The van der Waals surface area contributed by atoms with Gasteiger partial charge in [-0.15, -0.1) is 0 Å². The SMILES string of the molecule is CCN(C(=O)Oc1ccccc1)c1ccc(-c2cnn(C)c2)c(C2OC=CO2)n1. The Hall–Kier alpha value is -3.81. The van der Waals surface area contributed by atoms with Gasteiger partial charge in [-0.1, -0.05) is 18.2 Å². The zero-order valence-corrected chi connectivity index (χ0v) is 16.1. The van der Waals surface area contributed by atoms with E-state index in [-0.39, 0.29) is 0 Å². The summed E-state index contributed by atoms with van der Waals surface area (Å²) < 4.78 is 18.2. The van der Waals surface area contributed by atoms with Gasteiger partial charge in [0.1, 0.15) is 29.8 Å². The van der Waals surface area contributed by atoms with Gasteiger partial charge in [0.25, 0.3) is 6.29 Å². The number of rotatable bonds is 5. The number of ether oxygens (including phenoxy) is 3. The van der Waals surface area contributed by atoms with Crippen LogP contribution in [-0.2, 0) is 16.5 Å². The summed E-state index contributed by atoms with van der Waals surface area (Å²) in [5.74, 6) is 0.907. The fourth-order valence-corrected chi connectivity index (χ4v) is 3.00. The van der Waals surface area contributed by atoms with Crippen LogP contribution in [0.1, 0.15) is 18.9 Å². The lowest BCUT2D eigenvalue weighted by Crippen LogP contribution is -2.34. The molecule has 2 aromatic heterocycles. The Labute approximate surface area is 167 Å². The van der Waals surface area contributed by atoms with E-state index in [0.29, 0.717) is 23.8 Å². The van der Waals surface area contributed by atoms with Gasteiger partial charge < -0.3 is 14.2 Å². The van der Waals surface area contributed by atoms with Crippen molar-refractivity contribution in [3.63, 3.8) is 0 Å². The Kier molecular flexibility index (Phi) is 5.15. The van der Waals surface area contributed by atoms with Crippen LogP contribution in [0, 0.1) is 0 Å². The maximum atomic E-state index is 12.7. The number of nitrogens with zero attached hydrogens (tertiary/aromatic N) is 4. The number of hydrogen-bond donors (Lipinski definition) is 0. The summed E-state index contributed by atoms with van der Waals surface area (Å²) in [5.41, 5.74) is 2.23. The molecule has 0 saturated carbocycles. The lowest BCUT2D eigenvalue weighted by Gasteiger charge is -2.22. The summed E-state index contributed by atoms with van der Waals surface area (Å²) >= 11 is 0. The third-order valence-corrected chi connectivity index (χ3v) is 4.37. The molecule has 3 heterocycles. The largest absolute Gasteiger partial charge is 0.454 e. The molecule has 0 fully saturated rings. The van der Waals surface area contributed by atoms with Gasteiger partial charge in [-0.2, -0.15) is 5.10 Å². The first-order chi connectivity index (χ1) is 14.2. The van der Waals surface area contributed by atoms with E-state index >= 15 is 0 Å². The average Bonchev–Trinajstić information content (AvgIpc) is 3.41. The summed E-state index contributed by atoms with van der Waals surface area (Å²) in [6.07, 6.45) is 5.33. The fourth-order valence-electron chi connectivity index (χ4n) is 3.00. The van der Waals surface area contributed by atoms with Gasteiger partial charge >= 0.3 is 6.09 Å². The molecule has 1 aromatic carbocycles. The number of hydrogen-bond acceptors (Lipinski definition) is 6. The van der Waals surface area contributed by atoms with Crippen molar-refractivity contribution in [1.82, 2.24) is 14.8 Å². The summed E-state index contributed by atoms with van der Waals surface area (Å²) in [7, 11) is 1.84. The molecule has 0 spiro atoms. The monoisotopic (exact) mass is 392 g/mol. The van der Waals surface area contributed by atoms with Crippen LogP contribution in [0.25, 0.3) is 11.1 Å². The van der Waals surface area contributed by atoms with E-state index in [1.165, 1.54) is 17.4 Å². The highest BCUT2D eigenvalue weighted by Gasteiger charge is 2.26. The zero-order chi connectivity index (χ0) is 20.2. The van der Waals surface area contributed by atoms with E-state index in [4.69, 9.17) is 14.2 Å². The zero-order valence-electron chi connectivity index (χ0n) is 16.1. The molecule has 148 valence electrons. The van der Waals surface area contributed by atoms with Crippen LogP contribution in [0.2, 0.25) is 0 Å². The quantitative estimate of drug-likeness (QED) is 0.652. The molecule has 0 aliphatic carbocycles. The summed E-state index contributed by atoms with van der Waals surface area (Å²) in [4.78, 5) is 18.8. The van der Waals surface area contributed by atoms with Crippen molar-refractivity contribution in [2.75, 3.05) is 11.4 Å². The minimum atomic E-state index is -0.700. The van der Waals surface area contributed by atoms with Gasteiger partial charge in [-0.25, -0.2) is 9.78 Å². The van der Waals surface area contributed by atoms with Crippen molar-refractivity contribution in [3.8, 4) is 16.9 Å². The summed E-state index contributed by atoms with van der Waals surface area (Å²) in [5, 5.41) is 4.22. The smallest absolute Gasteiger partial charge is 0.420 e. The molecule has 0 unspecified atom stereocenters. The Balaban J connectivity index is 1.67. The minimum absolute atomic E-state index is 0.384. The number of aryl methyl sites for hydroxylation is 1. The first-order valence-corrected chi connectivity index (χ1v) is 9.16. The topological polar surface area (TPSA) is 78.7 Å². The molecule has 1 aliphatic heterocycles. The molecule has 1 amide bonds.